The molecule has 1 unspecified atom stereocenters. The number of carbonyl (C=O) groups is 2. The molecular weight excluding hydrogens is 442 g/mol. The lowest BCUT2D eigenvalue weighted by atomic mass is 10.0. The number of carbonyl (C=O) groups excluding carboxylic acids is 2. The van der Waals surface area contributed by atoms with Crippen molar-refractivity contribution in [2.75, 3.05) is 26.3 Å². The van der Waals surface area contributed by atoms with Crippen molar-refractivity contribution in [3.63, 3.8) is 0 Å². The Morgan fingerprint density at radius 1 is 1.00 bits per heavy atom. The Bertz CT molecular complexity index is 1110. The topological polar surface area (TPSA) is 74.3 Å². The quantitative estimate of drug-likeness (QED) is 0.257. The molecule has 2 aliphatic rings. The smallest absolute Gasteiger partial charge is 0.397 e. The SMILES string of the molecule is O=C1OC2(OC1=O)C(OCc1ccccc1)CN2CCCOCCc1ccc2sccc2c1. The summed E-state index contributed by atoms with van der Waals surface area (Å²) in [4.78, 5) is 25.3. The Kier molecular flexibility index (Phi) is 6.41. The lowest BCUT2D eigenvalue weighted by Crippen LogP contribution is -2.72. The van der Waals surface area contributed by atoms with Crippen molar-refractivity contribution in [3.8, 4) is 0 Å². The van der Waals surface area contributed by atoms with Crippen LogP contribution in [0.2, 0.25) is 0 Å². The maximum atomic E-state index is 11.8. The molecular formula is C25H25NO6S. The minimum atomic E-state index is -1.46. The predicted molar refractivity (Wildman–Crippen MR) is 122 cm³/mol. The minimum absolute atomic E-state index is 0.344. The summed E-state index contributed by atoms with van der Waals surface area (Å²) >= 11 is 1.74. The summed E-state index contributed by atoms with van der Waals surface area (Å²) in [6.07, 6.45) is 1.04. The van der Waals surface area contributed by atoms with Crippen LogP contribution in [0.25, 0.3) is 10.1 Å². The Morgan fingerprint density at radius 2 is 1.82 bits per heavy atom. The highest BCUT2D eigenvalue weighted by Gasteiger charge is 2.66. The van der Waals surface area contributed by atoms with Crippen LogP contribution in [0.5, 0.6) is 0 Å². The van der Waals surface area contributed by atoms with E-state index in [-0.39, 0.29) is 0 Å². The van der Waals surface area contributed by atoms with Crippen LogP contribution >= 0.6 is 11.3 Å². The van der Waals surface area contributed by atoms with Crippen molar-refractivity contribution in [1.29, 1.82) is 0 Å². The minimum Gasteiger partial charge on any atom is -0.397 e. The van der Waals surface area contributed by atoms with Crippen molar-refractivity contribution in [3.05, 3.63) is 71.1 Å². The lowest BCUT2D eigenvalue weighted by molar-refractivity contribution is -0.363. The number of esters is 2. The van der Waals surface area contributed by atoms with E-state index in [1.165, 1.54) is 15.6 Å². The van der Waals surface area contributed by atoms with Crippen LogP contribution in [0.1, 0.15) is 17.5 Å². The van der Waals surface area contributed by atoms with Crippen molar-refractivity contribution < 1.29 is 28.5 Å². The maximum absolute atomic E-state index is 11.8. The van der Waals surface area contributed by atoms with Crippen LogP contribution < -0.4 is 0 Å². The number of thiophene rings is 1. The van der Waals surface area contributed by atoms with E-state index in [0.29, 0.717) is 39.3 Å². The number of rotatable bonds is 10. The van der Waals surface area contributed by atoms with E-state index in [1.54, 1.807) is 11.3 Å². The van der Waals surface area contributed by atoms with Gasteiger partial charge in [-0.05, 0) is 46.9 Å². The fourth-order valence-electron chi connectivity index (χ4n) is 4.16. The normalized spacial score (nSPS) is 19.6. The fraction of sp³-hybridized carbons (Fsp3) is 0.360. The monoisotopic (exact) mass is 467 g/mol. The van der Waals surface area contributed by atoms with Gasteiger partial charge in [0.2, 0.25) is 0 Å². The van der Waals surface area contributed by atoms with Gasteiger partial charge in [0, 0.05) is 24.4 Å². The number of hydrogen-bond acceptors (Lipinski definition) is 8. The zero-order valence-electron chi connectivity index (χ0n) is 18.1. The van der Waals surface area contributed by atoms with Gasteiger partial charge < -0.3 is 18.9 Å². The van der Waals surface area contributed by atoms with E-state index in [1.807, 2.05) is 35.2 Å². The van der Waals surface area contributed by atoms with E-state index in [0.717, 1.165) is 12.0 Å². The van der Waals surface area contributed by atoms with E-state index >= 15 is 0 Å². The first-order chi connectivity index (χ1) is 16.1. The Morgan fingerprint density at radius 3 is 2.64 bits per heavy atom. The summed E-state index contributed by atoms with van der Waals surface area (Å²) in [5.74, 6) is -3.42. The highest BCUT2D eigenvalue weighted by atomic mass is 32.1. The number of ether oxygens (including phenoxy) is 4. The molecule has 0 N–H and O–H groups in total. The van der Waals surface area contributed by atoms with E-state index < -0.39 is 24.0 Å². The van der Waals surface area contributed by atoms with E-state index in [9.17, 15) is 9.59 Å². The van der Waals surface area contributed by atoms with Gasteiger partial charge in [-0.2, -0.15) is 0 Å². The molecule has 5 rings (SSSR count). The third-order valence-electron chi connectivity index (χ3n) is 5.94. The number of likely N-dealkylation sites (tertiary alicyclic amines) is 1. The van der Waals surface area contributed by atoms with Crippen LogP contribution in [-0.2, 0) is 41.6 Å². The largest absolute Gasteiger partial charge is 0.422 e. The maximum Gasteiger partial charge on any atom is 0.422 e. The van der Waals surface area contributed by atoms with Crippen LogP contribution in [0.15, 0.2) is 60.0 Å². The molecule has 0 amide bonds. The zero-order chi connectivity index (χ0) is 22.7. The third kappa shape index (κ3) is 4.65. The van der Waals surface area contributed by atoms with Crippen molar-refractivity contribution in [1.82, 2.24) is 4.90 Å². The second-order valence-corrected chi connectivity index (χ2v) is 9.10. The van der Waals surface area contributed by atoms with Gasteiger partial charge in [0.25, 0.3) is 0 Å². The molecule has 2 aliphatic heterocycles. The standard InChI is InChI=1S/C25H25NO6S/c27-23-24(28)32-25(31-23)22(30-17-19-5-2-1-3-6-19)16-26(25)11-4-12-29-13-9-18-7-8-21-20(15-18)10-14-33-21/h1-3,5-8,10,14-15,22H,4,9,11-13,16-17H2. The summed E-state index contributed by atoms with van der Waals surface area (Å²) in [6, 6.07) is 18.3. The molecule has 2 saturated heterocycles. The molecule has 7 nitrogen and oxygen atoms in total. The highest BCUT2D eigenvalue weighted by molar-refractivity contribution is 7.17. The Hall–Kier alpha value is -2.78. The number of nitrogens with zero attached hydrogens (tertiary/aromatic N) is 1. The molecule has 0 aliphatic carbocycles. The third-order valence-corrected chi connectivity index (χ3v) is 6.84. The summed E-state index contributed by atoms with van der Waals surface area (Å²) < 4.78 is 23.7. The first-order valence-corrected chi connectivity index (χ1v) is 11.9. The fourth-order valence-corrected chi connectivity index (χ4v) is 4.93. The summed E-state index contributed by atoms with van der Waals surface area (Å²) in [7, 11) is 0. The molecule has 2 fully saturated rings. The molecule has 1 aromatic heterocycles. The Labute approximate surface area is 195 Å². The van der Waals surface area contributed by atoms with Gasteiger partial charge >= 0.3 is 17.8 Å². The summed E-state index contributed by atoms with van der Waals surface area (Å²) in [6.45, 7) is 2.61. The van der Waals surface area contributed by atoms with Crippen LogP contribution in [0, 0.1) is 0 Å². The average Bonchev–Trinajstić information content (AvgIpc) is 3.42. The van der Waals surface area contributed by atoms with Crippen LogP contribution in [-0.4, -0.2) is 55.2 Å². The molecule has 1 spiro atoms. The molecule has 1 atom stereocenters. The van der Waals surface area contributed by atoms with Gasteiger partial charge in [-0.3, -0.25) is 0 Å². The van der Waals surface area contributed by atoms with Crippen molar-refractivity contribution in [2.45, 2.75) is 31.5 Å². The molecule has 0 bridgehead atoms. The predicted octanol–water partition coefficient (Wildman–Crippen LogP) is 3.51. The summed E-state index contributed by atoms with van der Waals surface area (Å²) in [5, 5.41) is 3.37. The first-order valence-electron chi connectivity index (χ1n) is 11.0. The second kappa shape index (κ2) is 9.61. The van der Waals surface area contributed by atoms with Gasteiger partial charge in [-0.1, -0.05) is 42.5 Å². The van der Waals surface area contributed by atoms with Crippen LogP contribution in [0.3, 0.4) is 0 Å². The lowest BCUT2D eigenvalue weighted by Gasteiger charge is -2.51. The first kappa shape index (κ1) is 22.0. The van der Waals surface area contributed by atoms with E-state index in [4.69, 9.17) is 18.9 Å². The van der Waals surface area contributed by atoms with E-state index in [2.05, 4.69) is 29.6 Å². The Balaban J connectivity index is 1.08. The number of hydrogen-bond donors (Lipinski definition) is 0. The number of fused-ring (bicyclic) bond motifs is 1. The van der Waals surface area contributed by atoms with Gasteiger partial charge in [0.05, 0.1) is 13.2 Å². The van der Waals surface area contributed by atoms with Crippen molar-refractivity contribution >= 4 is 33.4 Å². The van der Waals surface area contributed by atoms with Crippen LogP contribution in [0.4, 0.5) is 0 Å². The molecule has 33 heavy (non-hydrogen) atoms. The number of benzene rings is 2. The second-order valence-electron chi connectivity index (χ2n) is 8.15. The molecule has 0 saturated carbocycles. The zero-order valence-corrected chi connectivity index (χ0v) is 18.9. The van der Waals surface area contributed by atoms with Gasteiger partial charge in [0.1, 0.15) is 0 Å². The molecule has 8 heteroatoms. The molecule has 172 valence electrons. The molecule has 3 heterocycles. The molecule has 0 radical (unpaired) electrons. The highest BCUT2D eigenvalue weighted by Crippen LogP contribution is 2.40. The summed E-state index contributed by atoms with van der Waals surface area (Å²) in [5.41, 5.74) is 2.25. The van der Waals surface area contributed by atoms with Gasteiger partial charge in [-0.15, -0.1) is 11.3 Å². The van der Waals surface area contributed by atoms with Crippen molar-refractivity contribution in [2.24, 2.45) is 0 Å². The molecule has 2 aromatic carbocycles. The molecule has 3 aromatic rings. The average molecular weight is 468 g/mol. The van der Waals surface area contributed by atoms with Gasteiger partial charge in [-0.25, -0.2) is 14.5 Å². The van der Waals surface area contributed by atoms with Gasteiger partial charge in [0.15, 0.2) is 6.10 Å².